The Morgan fingerprint density at radius 1 is 1.05 bits per heavy atom. The molecule has 1 atom stereocenters. The van der Waals surface area contributed by atoms with Gasteiger partial charge in [0.25, 0.3) is 0 Å². The summed E-state index contributed by atoms with van der Waals surface area (Å²) in [6.07, 6.45) is 1.88. The van der Waals surface area contributed by atoms with Gasteiger partial charge in [-0.1, -0.05) is 35.9 Å². The fourth-order valence-electron chi connectivity index (χ4n) is 2.37. The lowest BCUT2D eigenvalue weighted by atomic mass is 9.92. The Hall–Kier alpha value is -1.51. The monoisotopic (exact) mass is 289 g/mol. The van der Waals surface area contributed by atoms with Crippen molar-refractivity contribution in [1.29, 1.82) is 0 Å². The molecule has 3 heteroatoms. The molecule has 0 aromatic heterocycles. The van der Waals surface area contributed by atoms with Crippen LogP contribution >= 0.6 is 11.6 Å². The Kier molecular flexibility index (Phi) is 5.45. The van der Waals surface area contributed by atoms with Gasteiger partial charge in [0.05, 0.1) is 7.11 Å². The van der Waals surface area contributed by atoms with E-state index >= 15 is 0 Å². The molecule has 20 heavy (non-hydrogen) atoms. The van der Waals surface area contributed by atoms with E-state index in [1.54, 1.807) is 7.11 Å². The van der Waals surface area contributed by atoms with Crippen LogP contribution in [0, 0.1) is 5.92 Å². The molecule has 0 saturated carbocycles. The quantitative estimate of drug-likeness (QED) is 0.880. The van der Waals surface area contributed by atoms with Crippen molar-refractivity contribution < 1.29 is 4.74 Å². The molecule has 0 saturated heterocycles. The fourth-order valence-corrected chi connectivity index (χ4v) is 2.58. The third kappa shape index (κ3) is 4.26. The number of ether oxygens (including phenoxy) is 1. The van der Waals surface area contributed by atoms with E-state index in [4.69, 9.17) is 22.1 Å². The molecule has 0 aliphatic carbocycles. The van der Waals surface area contributed by atoms with Crippen molar-refractivity contribution in [3.63, 3.8) is 0 Å². The molecule has 0 aliphatic heterocycles. The van der Waals surface area contributed by atoms with Gasteiger partial charge in [0.1, 0.15) is 5.75 Å². The molecule has 106 valence electrons. The largest absolute Gasteiger partial charge is 0.497 e. The van der Waals surface area contributed by atoms with Gasteiger partial charge < -0.3 is 10.5 Å². The SMILES string of the molecule is COc1cccc(CC(CN)Cc2cccc(Cl)c2)c1. The summed E-state index contributed by atoms with van der Waals surface area (Å²) in [4.78, 5) is 0. The second-order valence-electron chi connectivity index (χ2n) is 4.99. The predicted octanol–water partition coefficient (Wildman–Crippen LogP) is 3.71. The number of methoxy groups -OCH3 is 1. The van der Waals surface area contributed by atoms with E-state index in [-0.39, 0.29) is 0 Å². The molecule has 2 aromatic carbocycles. The zero-order chi connectivity index (χ0) is 14.4. The van der Waals surface area contributed by atoms with Gasteiger partial charge in [-0.15, -0.1) is 0 Å². The Labute approximate surface area is 125 Å². The van der Waals surface area contributed by atoms with Gasteiger partial charge in [0, 0.05) is 5.02 Å². The normalized spacial score (nSPS) is 12.2. The van der Waals surface area contributed by atoms with Crippen molar-refractivity contribution in [2.24, 2.45) is 11.7 Å². The highest BCUT2D eigenvalue weighted by molar-refractivity contribution is 6.30. The fraction of sp³-hybridized carbons (Fsp3) is 0.294. The van der Waals surface area contributed by atoms with Crippen molar-refractivity contribution in [2.75, 3.05) is 13.7 Å². The van der Waals surface area contributed by atoms with Gasteiger partial charge in [0.2, 0.25) is 0 Å². The summed E-state index contributed by atoms with van der Waals surface area (Å²) in [7, 11) is 1.69. The minimum atomic E-state index is 0.403. The van der Waals surface area contributed by atoms with Crippen molar-refractivity contribution in [1.82, 2.24) is 0 Å². The van der Waals surface area contributed by atoms with E-state index in [2.05, 4.69) is 18.2 Å². The first-order chi connectivity index (χ1) is 9.71. The second kappa shape index (κ2) is 7.32. The van der Waals surface area contributed by atoms with Crippen molar-refractivity contribution >= 4 is 11.6 Å². The molecule has 1 unspecified atom stereocenters. The summed E-state index contributed by atoms with van der Waals surface area (Å²) in [5.74, 6) is 1.29. The number of benzene rings is 2. The number of halogens is 1. The Morgan fingerprint density at radius 2 is 1.70 bits per heavy atom. The molecule has 2 nitrogen and oxygen atoms in total. The minimum Gasteiger partial charge on any atom is -0.497 e. The van der Waals surface area contributed by atoms with Gasteiger partial charge in [0.15, 0.2) is 0 Å². The maximum absolute atomic E-state index is 6.02. The van der Waals surface area contributed by atoms with Crippen LogP contribution in [0.4, 0.5) is 0 Å². The number of rotatable bonds is 6. The number of hydrogen-bond acceptors (Lipinski definition) is 2. The van der Waals surface area contributed by atoms with Crippen LogP contribution < -0.4 is 10.5 Å². The molecule has 2 aromatic rings. The molecule has 0 spiro atoms. The molecule has 0 fully saturated rings. The first-order valence-corrected chi connectivity index (χ1v) is 7.16. The van der Waals surface area contributed by atoms with E-state index in [1.165, 1.54) is 11.1 Å². The van der Waals surface area contributed by atoms with Crippen LogP contribution in [0.25, 0.3) is 0 Å². The zero-order valence-corrected chi connectivity index (χ0v) is 12.4. The second-order valence-corrected chi connectivity index (χ2v) is 5.43. The highest BCUT2D eigenvalue weighted by Gasteiger charge is 2.10. The summed E-state index contributed by atoms with van der Waals surface area (Å²) in [5.41, 5.74) is 8.40. The van der Waals surface area contributed by atoms with Crippen molar-refractivity contribution in [3.05, 3.63) is 64.7 Å². The Bertz CT molecular complexity index is 556. The predicted molar refractivity (Wildman–Crippen MR) is 84.4 cm³/mol. The number of nitrogens with two attached hydrogens (primary N) is 1. The zero-order valence-electron chi connectivity index (χ0n) is 11.7. The molecule has 0 radical (unpaired) electrons. The van der Waals surface area contributed by atoms with Gasteiger partial charge in [-0.25, -0.2) is 0 Å². The van der Waals surface area contributed by atoms with E-state index in [0.717, 1.165) is 23.6 Å². The maximum atomic E-state index is 6.02. The van der Waals surface area contributed by atoms with Crippen molar-refractivity contribution in [2.45, 2.75) is 12.8 Å². The summed E-state index contributed by atoms with van der Waals surface area (Å²) in [6, 6.07) is 16.1. The van der Waals surface area contributed by atoms with Crippen LogP contribution in [0.5, 0.6) is 5.75 Å². The molecule has 0 amide bonds. The van der Waals surface area contributed by atoms with E-state index < -0.39 is 0 Å². The van der Waals surface area contributed by atoms with Crippen LogP contribution in [-0.2, 0) is 12.8 Å². The van der Waals surface area contributed by atoms with Crippen LogP contribution in [0.15, 0.2) is 48.5 Å². The standard InChI is InChI=1S/C17H20ClNO/c1-20-17-7-3-5-14(11-17)9-15(12-19)8-13-4-2-6-16(18)10-13/h2-7,10-11,15H,8-9,12,19H2,1H3. The van der Waals surface area contributed by atoms with Crippen LogP contribution in [-0.4, -0.2) is 13.7 Å². The van der Waals surface area contributed by atoms with Gasteiger partial charge in [-0.05, 0) is 60.7 Å². The lowest BCUT2D eigenvalue weighted by molar-refractivity contribution is 0.413. The molecular weight excluding hydrogens is 270 g/mol. The summed E-state index contributed by atoms with van der Waals surface area (Å²) >= 11 is 6.02. The number of hydrogen-bond donors (Lipinski definition) is 1. The average Bonchev–Trinajstić information content (AvgIpc) is 2.47. The van der Waals surface area contributed by atoms with Crippen LogP contribution in [0.1, 0.15) is 11.1 Å². The van der Waals surface area contributed by atoms with Gasteiger partial charge >= 0.3 is 0 Å². The highest BCUT2D eigenvalue weighted by Crippen LogP contribution is 2.19. The third-order valence-electron chi connectivity index (χ3n) is 3.41. The minimum absolute atomic E-state index is 0.403. The summed E-state index contributed by atoms with van der Waals surface area (Å²) < 4.78 is 5.26. The van der Waals surface area contributed by atoms with Crippen molar-refractivity contribution in [3.8, 4) is 5.75 Å². The van der Waals surface area contributed by atoms with Crippen LogP contribution in [0.3, 0.4) is 0 Å². The maximum Gasteiger partial charge on any atom is 0.119 e. The molecule has 2 N–H and O–H groups in total. The molecule has 0 aliphatic rings. The lowest BCUT2D eigenvalue weighted by Gasteiger charge is -2.15. The Balaban J connectivity index is 2.05. The smallest absolute Gasteiger partial charge is 0.119 e. The highest BCUT2D eigenvalue weighted by atomic mass is 35.5. The topological polar surface area (TPSA) is 35.2 Å². The molecule has 0 heterocycles. The lowest BCUT2D eigenvalue weighted by Crippen LogP contribution is -2.19. The molecule has 2 rings (SSSR count). The van der Waals surface area contributed by atoms with Gasteiger partial charge in [-0.3, -0.25) is 0 Å². The summed E-state index contributed by atoms with van der Waals surface area (Å²) in [5, 5.41) is 0.777. The third-order valence-corrected chi connectivity index (χ3v) is 3.64. The van der Waals surface area contributed by atoms with E-state index in [1.807, 2.05) is 30.3 Å². The van der Waals surface area contributed by atoms with Crippen LogP contribution in [0.2, 0.25) is 5.02 Å². The first-order valence-electron chi connectivity index (χ1n) is 6.78. The Morgan fingerprint density at radius 3 is 2.30 bits per heavy atom. The molecular formula is C17H20ClNO. The average molecular weight is 290 g/mol. The molecule has 0 bridgehead atoms. The van der Waals surface area contributed by atoms with E-state index in [0.29, 0.717) is 12.5 Å². The first kappa shape index (κ1) is 14.9. The summed E-state index contributed by atoms with van der Waals surface area (Å²) in [6.45, 7) is 0.656. The van der Waals surface area contributed by atoms with E-state index in [9.17, 15) is 0 Å². The van der Waals surface area contributed by atoms with Gasteiger partial charge in [-0.2, -0.15) is 0 Å².